The summed E-state index contributed by atoms with van der Waals surface area (Å²) >= 11 is 0. The summed E-state index contributed by atoms with van der Waals surface area (Å²) in [5.74, 6) is 1.70. The van der Waals surface area contributed by atoms with Crippen LogP contribution >= 0.6 is 0 Å². The maximum absolute atomic E-state index is 3.34. The number of likely N-dealkylation sites (tertiary alicyclic amines) is 1. The van der Waals surface area contributed by atoms with Gasteiger partial charge < -0.3 is 5.32 Å². The first-order valence-electron chi connectivity index (χ1n) is 5.98. The zero-order valence-corrected chi connectivity index (χ0v) is 10.4. The topological polar surface area (TPSA) is 15.3 Å². The minimum absolute atomic E-state index is 0.692. The summed E-state index contributed by atoms with van der Waals surface area (Å²) in [6, 6.07) is 1.44. The van der Waals surface area contributed by atoms with Gasteiger partial charge in [-0.3, -0.25) is 4.90 Å². The lowest BCUT2D eigenvalue weighted by atomic mass is 9.88. The van der Waals surface area contributed by atoms with Gasteiger partial charge >= 0.3 is 0 Å². The third-order valence-electron chi connectivity index (χ3n) is 3.57. The van der Waals surface area contributed by atoms with Crippen LogP contribution in [0, 0.1) is 11.8 Å². The summed E-state index contributed by atoms with van der Waals surface area (Å²) in [5.41, 5.74) is 0. The molecule has 1 aliphatic rings. The molecule has 0 aromatic carbocycles. The number of hydrogen-bond acceptors (Lipinski definition) is 2. The fourth-order valence-corrected chi connectivity index (χ4v) is 2.80. The molecule has 2 unspecified atom stereocenters. The number of rotatable bonds is 4. The Bertz CT molecular complexity index is 150. The highest BCUT2D eigenvalue weighted by molar-refractivity contribution is 4.91. The second kappa shape index (κ2) is 5.13. The van der Waals surface area contributed by atoms with Crippen molar-refractivity contribution in [2.24, 2.45) is 11.8 Å². The van der Waals surface area contributed by atoms with Crippen molar-refractivity contribution in [2.45, 2.75) is 46.2 Å². The van der Waals surface area contributed by atoms with Gasteiger partial charge in [-0.2, -0.15) is 0 Å². The monoisotopic (exact) mass is 198 g/mol. The lowest BCUT2D eigenvalue weighted by Gasteiger charge is -2.32. The molecule has 0 aromatic heterocycles. The Balaban J connectivity index is 2.64. The molecule has 1 heterocycles. The molecule has 1 saturated heterocycles. The molecular weight excluding hydrogens is 172 g/mol. The van der Waals surface area contributed by atoms with Crippen LogP contribution in [0.3, 0.4) is 0 Å². The first-order valence-corrected chi connectivity index (χ1v) is 5.98. The van der Waals surface area contributed by atoms with Gasteiger partial charge in [0.2, 0.25) is 0 Å². The minimum Gasteiger partial charge on any atom is -0.318 e. The highest BCUT2D eigenvalue weighted by Crippen LogP contribution is 2.31. The van der Waals surface area contributed by atoms with Gasteiger partial charge in [0.05, 0.1) is 0 Å². The minimum atomic E-state index is 0.692. The van der Waals surface area contributed by atoms with E-state index in [1.165, 1.54) is 13.0 Å². The van der Waals surface area contributed by atoms with Crippen LogP contribution < -0.4 is 5.32 Å². The van der Waals surface area contributed by atoms with E-state index in [-0.39, 0.29) is 0 Å². The van der Waals surface area contributed by atoms with Crippen molar-refractivity contribution in [1.29, 1.82) is 0 Å². The number of hydrogen-bond donors (Lipinski definition) is 1. The summed E-state index contributed by atoms with van der Waals surface area (Å²) in [7, 11) is 2.06. The van der Waals surface area contributed by atoms with E-state index in [2.05, 4.69) is 45.0 Å². The Kier molecular flexibility index (Phi) is 4.39. The standard InChI is InChI=1S/C12H26N2/c1-9(2)11-6-7-14(10(3)4)12(11)8-13-5/h9-13H,6-8H2,1-5H3. The zero-order valence-electron chi connectivity index (χ0n) is 10.4. The van der Waals surface area contributed by atoms with Gasteiger partial charge in [0.25, 0.3) is 0 Å². The molecule has 0 aromatic rings. The van der Waals surface area contributed by atoms with Crippen LogP contribution in [0.1, 0.15) is 34.1 Å². The van der Waals surface area contributed by atoms with Crippen LogP contribution in [0.25, 0.3) is 0 Å². The highest BCUT2D eigenvalue weighted by atomic mass is 15.2. The van der Waals surface area contributed by atoms with Gasteiger partial charge in [0.15, 0.2) is 0 Å². The fourth-order valence-electron chi connectivity index (χ4n) is 2.80. The summed E-state index contributed by atoms with van der Waals surface area (Å²) in [4.78, 5) is 2.65. The second-order valence-electron chi connectivity index (χ2n) is 5.15. The van der Waals surface area contributed by atoms with Crippen molar-refractivity contribution < 1.29 is 0 Å². The van der Waals surface area contributed by atoms with E-state index in [1.54, 1.807) is 0 Å². The first-order chi connectivity index (χ1) is 6.57. The van der Waals surface area contributed by atoms with E-state index in [4.69, 9.17) is 0 Å². The van der Waals surface area contributed by atoms with E-state index < -0.39 is 0 Å². The van der Waals surface area contributed by atoms with Crippen molar-refractivity contribution in [3.05, 3.63) is 0 Å². The molecule has 0 amide bonds. The van der Waals surface area contributed by atoms with E-state index in [0.717, 1.165) is 24.4 Å². The fraction of sp³-hybridized carbons (Fsp3) is 1.00. The predicted octanol–water partition coefficient (Wildman–Crippen LogP) is 1.96. The first kappa shape index (κ1) is 12.0. The van der Waals surface area contributed by atoms with Gasteiger partial charge in [-0.25, -0.2) is 0 Å². The van der Waals surface area contributed by atoms with Crippen molar-refractivity contribution in [1.82, 2.24) is 10.2 Å². The van der Waals surface area contributed by atoms with E-state index in [9.17, 15) is 0 Å². The SMILES string of the molecule is CNCC1C(C(C)C)CCN1C(C)C. The van der Waals surface area contributed by atoms with E-state index in [0.29, 0.717) is 6.04 Å². The molecule has 14 heavy (non-hydrogen) atoms. The molecule has 1 N–H and O–H groups in total. The van der Waals surface area contributed by atoms with Gasteiger partial charge in [-0.15, -0.1) is 0 Å². The summed E-state index contributed by atoms with van der Waals surface area (Å²) in [5, 5.41) is 3.34. The maximum atomic E-state index is 3.34. The van der Waals surface area contributed by atoms with Gasteiger partial charge in [-0.05, 0) is 45.7 Å². The molecule has 0 spiro atoms. The second-order valence-corrected chi connectivity index (χ2v) is 5.15. The molecule has 2 heteroatoms. The molecule has 84 valence electrons. The van der Waals surface area contributed by atoms with Crippen LogP contribution in [0.2, 0.25) is 0 Å². The molecule has 1 fully saturated rings. The molecule has 0 radical (unpaired) electrons. The molecule has 2 nitrogen and oxygen atoms in total. The lowest BCUT2D eigenvalue weighted by molar-refractivity contribution is 0.164. The van der Waals surface area contributed by atoms with Crippen molar-refractivity contribution in [3.63, 3.8) is 0 Å². The molecule has 2 atom stereocenters. The molecular formula is C12H26N2. The number of nitrogens with zero attached hydrogens (tertiary/aromatic N) is 1. The normalized spacial score (nSPS) is 29.4. The van der Waals surface area contributed by atoms with Crippen molar-refractivity contribution >= 4 is 0 Å². The average Bonchev–Trinajstić information content (AvgIpc) is 2.48. The summed E-state index contributed by atoms with van der Waals surface area (Å²) in [6.45, 7) is 11.8. The van der Waals surface area contributed by atoms with Crippen molar-refractivity contribution in [3.8, 4) is 0 Å². The molecule has 0 bridgehead atoms. The number of nitrogens with one attached hydrogen (secondary N) is 1. The number of likely N-dealkylation sites (N-methyl/N-ethyl adjacent to an activating group) is 1. The Hall–Kier alpha value is -0.0800. The third kappa shape index (κ3) is 2.48. The third-order valence-corrected chi connectivity index (χ3v) is 3.57. The van der Waals surface area contributed by atoms with Crippen LogP contribution in [0.15, 0.2) is 0 Å². The van der Waals surface area contributed by atoms with Crippen LogP contribution in [0.4, 0.5) is 0 Å². The van der Waals surface area contributed by atoms with Gasteiger partial charge in [-0.1, -0.05) is 13.8 Å². The Morgan fingerprint density at radius 1 is 1.29 bits per heavy atom. The molecule has 1 aliphatic heterocycles. The van der Waals surface area contributed by atoms with Crippen LogP contribution in [-0.2, 0) is 0 Å². The predicted molar refractivity (Wildman–Crippen MR) is 62.5 cm³/mol. The Morgan fingerprint density at radius 3 is 2.36 bits per heavy atom. The largest absolute Gasteiger partial charge is 0.318 e. The van der Waals surface area contributed by atoms with Gasteiger partial charge in [0, 0.05) is 18.6 Å². The molecule has 1 rings (SSSR count). The average molecular weight is 198 g/mol. The Morgan fingerprint density at radius 2 is 1.93 bits per heavy atom. The highest BCUT2D eigenvalue weighted by Gasteiger charge is 2.36. The zero-order chi connectivity index (χ0) is 10.7. The van der Waals surface area contributed by atoms with Gasteiger partial charge in [0.1, 0.15) is 0 Å². The van der Waals surface area contributed by atoms with Crippen LogP contribution in [0.5, 0.6) is 0 Å². The quantitative estimate of drug-likeness (QED) is 0.743. The summed E-state index contributed by atoms with van der Waals surface area (Å²) < 4.78 is 0. The molecule has 0 aliphatic carbocycles. The molecule has 0 saturated carbocycles. The van der Waals surface area contributed by atoms with Crippen molar-refractivity contribution in [2.75, 3.05) is 20.1 Å². The lowest BCUT2D eigenvalue weighted by Crippen LogP contribution is -2.44. The maximum Gasteiger partial charge on any atom is 0.0254 e. The smallest absolute Gasteiger partial charge is 0.0254 e. The Labute approximate surface area is 89.1 Å². The van der Waals surface area contributed by atoms with Crippen LogP contribution in [-0.4, -0.2) is 37.1 Å². The summed E-state index contributed by atoms with van der Waals surface area (Å²) in [6.07, 6.45) is 1.38. The van der Waals surface area contributed by atoms with E-state index in [1.807, 2.05) is 0 Å². The van der Waals surface area contributed by atoms with E-state index >= 15 is 0 Å².